The Morgan fingerprint density at radius 3 is 1.05 bits per heavy atom. The quantitative estimate of drug-likeness (QED) is 0.00448. The highest BCUT2D eigenvalue weighted by atomic mass is 32.2. The van der Waals surface area contributed by atoms with Gasteiger partial charge < -0.3 is 72.8 Å². The van der Waals surface area contributed by atoms with Crippen molar-refractivity contribution in [2.75, 3.05) is 116 Å². The molecule has 0 spiro atoms. The van der Waals surface area contributed by atoms with Gasteiger partial charge in [0.05, 0.1) is 158 Å². The van der Waals surface area contributed by atoms with Crippen molar-refractivity contribution >= 4 is 120 Å². The maximum Gasteiger partial charge on any atom is 0.407 e. The maximum atomic E-state index is 11.7. The maximum absolute atomic E-state index is 11.7. The lowest BCUT2D eigenvalue weighted by atomic mass is 10.1. The number of hydrogen-bond acceptors (Lipinski definition) is 34. The van der Waals surface area contributed by atoms with E-state index in [4.69, 9.17) is 61.0 Å². The smallest absolute Gasteiger partial charge is 0.407 e. The molecule has 0 aromatic heterocycles. The van der Waals surface area contributed by atoms with E-state index in [0.717, 1.165) is 31.6 Å². The van der Waals surface area contributed by atoms with Crippen LogP contribution in [0.4, 0.5) is 33.2 Å². The highest BCUT2D eigenvalue weighted by Gasteiger charge is 2.27. The van der Waals surface area contributed by atoms with Crippen LogP contribution >= 0.6 is 63.1 Å². The number of thiol groups is 5. The second-order valence-corrected chi connectivity index (χ2v) is 26.3. The van der Waals surface area contributed by atoms with E-state index in [1.807, 2.05) is 6.92 Å². The van der Waals surface area contributed by atoms with Crippen LogP contribution in [0.5, 0.6) is 57.5 Å². The standard InChI is InChI=1S/C15H21NO6S.C14H20N2O6S.C14H20N2O5S.C14H22N2O4S.C13H19NO7S2/c1-3-21-14-9-12(16(18)19)11(8-13(14)20-2)10-22-15(17)6-4-5-7-23;1-3-21-13-8-11(16(18)19)10(7-12(13)20-2)9-22-14(17)15-5-4-6-23;1-3-21-13-8-11(16(18)19)10(7-12(13)20-2)9-15-14(17)5-4-6-22;1-3-20-14-9-12(16(17)18)11(8-13(14)19-2)10-15-6-4-5-7-21;1-3-20-13-8-11(14(15)16)10(7-12(13)19-2)9-21-23(17,18)6-4-5-22/h8-9,23H,3-7,10H2,1-2H3;7-8,23H,3-6,9H2,1-2H3,(H,15,17);7-8,22H,3-6,9H2,1-2H3,(H,15,17);8-9,15,21H,3-7,10H2,1-2H3;7-8,22H,3-6,9H2,1-2H3. The molecule has 0 heterocycles. The average Bonchev–Trinajstić information content (AvgIpc) is 0.852. The summed E-state index contributed by atoms with van der Waals surface area (Å²) < 4.78 is 90.7. The highest BCUT2D eigenvalue weighted by molar-refractivity contribution is 7.86. The number of hydrogen-bond donors (Lipinski definition) is 8. The molecule has 5 aromatic rings. The third-order valence-electron chi connectivity index (χ3n) is 14.5. The summed E-state index contributed by atoms with van der Waals surface area (Å²) in [5, 5.41) is 64.3. The van der Waals surface area contributed by atoms with E-state index in [1.54, 1.807) is 33.8 Å². The zero-order chi connectivity index (χ0) is 84.1. The fourth-order valence-electron chi connectivity index (χ4n) is 9.21. The van der Waals surface area contributed by atoms with Gasteiger partial charge in [0.1, 0.15) is 13.2 Å². The Morgan fingerprint density at radius 1 is 0.375 bits per heavy atom. The molecule has 626 valence electrons. The molecule has 0 radical (unpaired) electrons. The number of benzene rings is 5. The van der Waals surface area contributed by atoms with Gasteiger partial charge in [-0.2, -0.15) is 71.6 Å². The van der Waals surface area contributed by atoms with Crippen molar-refractivity contribution in [3.8, 4) is 57.5 Å². The monoisotopic (exact) mass is 1690 g/mol. The molecule has 3 N–H and O–H groups in total. The van der Waals surface area contributed by atoms with Crippen molar-refractivity contribution in [3.63, 3.8) is 0 Å². The number of alkyl carbamates (subject to hydrolysis) is 1. The molecule has 0 unspecified atom stereocenters. The molecule has 0 saturated heterocycles. The Labute approximate surface area is 678 Å². The SMILES string of the molecule is CCOc1cc([N+](=O)[O-])c(CNC(=O)CCCS)cc1OC.CCOc1cc([N+](=O)[O-])c(CNCCCCS)cc1OC.CCOc1cc([N+](=O)[O-])c(COC(=O)CCCCS)cc1OC.CCOc1cc([N+](=O)[O-])c(COC(=O)NCCCS)cc1OC.CCOc1cc([N+](=O)[O-])c(COS(=O)(=O)CCCS)cc1OC. The largest absolute Gasteiger partial charge is 0.493 e. The number of amides is 2. The molecular weight excluding hydrogens is 1590 g/mol. The molecule has 42 heteroatoms. The first-order valence-corrected chi connectivity index (χ1v) is 39.7. The number of rotatable bonds is 48. The van der Waals surface area contributed by atoms with E-state index in [-0.39, 0.29) is 106 Å². The third-order valence-corrected chi connectivity index (χ3v) is 17.4. The summed E-state index contributed by atoms with van der Waals surface area (Å²) in [5.41, 5.74) is 0.797. The minimum atomic E-state index is -3.77. The Balaban J connectivity index is 0.000000700. The lowest BCUT2D eigenvalue weighted by Gasteiger charge is -2.12. The predicted octanol–water partition coefficient (Wildman–Crippen LogP) is 13.0. The number of methoxy groups -OCH3 is 5. The van der Waals surface area contributed by atoms with Gasteiger partial charge in [-0.05, 0) is 145 Å². The molecule has 0 saturated carbocycles. The molecule has 0 atom stereocenters. The number of nitro groups is 5. The summed E-state index contributed by atoms with van der Waals surface area (Å²) in [6.45, 7) is 11.5. The summed E-state index contributed by atoms with van der Waals surface area (Å²) in [4.78, 5) is 88.0. The molecular formula is C70H102N8O28S6. The number of esters is 1. The fourth-order valence-corrected chi connectivity index (χ4v) is 11.3. The number of carbonyl (C=O) groups is 3. The van der Waals surface area contributed by atoms with Crippen LogP contribution in [-0.2, 0) is 66.3 Å². The van der Waals surface area contributed by atoms with Crippen LogP contribution in [0, 0.1) is 50.6 Å². The van der Waals surface area contributed by atoms with Crippen molar-refractivity contribution in [2.45, 2.75) is 125 Å². The van der Waals surface area contributed by atoms with Gasteiger partial charge in [-0.15, -0.1) is 0 Å². The van der Waals surface area contributed by atoms with Crippen LogP contribution in [0.25, 0.3) is 0 Å². The van der Waals surface area contributed by atoms with E-state index >= 15 is 0 Å². The number of nitrogens with zero attached hydrogens (tertiary/aromatic N) is 5. The molecule has 5 rings (SSSR count). The van der Waals surface area contributed by atoms with Crippen LogP contribution in [0.3, 0.4) is 0 Å². The van der Waals surface area contributed by atoms with Gasteiger partial charge in [0, 0.05) is 38.0 Å². The minimum absolute atomic E-state index is 0.0425. The van der Waals surface area contributed by atoms with Gasteiger partial charge in [-0.25, -0.2) is 4.79 Å². The van der Waals surface area contributed by atoms with E-state index in [1.165, 1.54) is 90.1 Å². The van der Waals surface area contributed by atoms with E-state index in [9.17, 15) is 73.4 Å². The molecule has 112 heavy (non-hydrogen) atoms. The first-order valence-electron chi connectivity index (χ1n) is 34.9. The van der Waals surface area contributed by atoms with Crippen LogP contribution in [0.1, 0.15) is 120 Å². The van der Waals surface area contributed by atoms with Crippen LogP contribution in [0.15, 0.2) is 60.7 Å². The average molecular weight is 1700 g/mol. The Kier molecular flexibility index (Phi) is 52.2. The van der Waals surface area contributed by atoms with Crippen molar-refractivity contribution in [1.29, 1.82) is 0 Å². The van der Waals surface area contributed by atoms with Gasteiger partial charge >= 0.3 is 12.1 Å². The van der Waals surface area contributed by atoms with E-state index in [2.05, 4.69) is 79.1 Å². The summed E-state index contributed by atoms with van der Waals surface area (Å²) in [5.74, 6) is 5.78. The first kappa shape index (κ1) is 101. The Morgan fingerprint density at radius 2 is 0.705 bits per heavy atom. The van der Waals surface area contributed by atoms with Crippen molar-refractivity contribution in [1.82, 2.24) is 16.0 Å². The summed E-state index contributed by atoms with van der Waals surface area (Å²) in [7, 11) is 3.47. The van der Waals surface area contributed by atoms with Gasteiger partial charge in [-0.1, -0.05) is 0 Å². The normalized spacial score (nSPS) is 10.4. The van der Waals surface area contributed by atoms with Crippen LogP contribution in [0.2, 0.25) is 0 Å². The molecule has 5 aromatic carbocycles. The van der Waals surface area contributed by atoms with E-state index in [0.29, 0.717) is 147 Å². The molecule has 0 fully saturated rings. The zero-order valence-corrected chi connectivity index (χ0v) is 69.5. The minimum Gasteiger partial charge on any atom is -0.493 e. The Bertz CT molecular complexity index is 3790. The van der Waals surface area contributed by atoms with Gasteiger partial charge in [0.2, 0.25) is 5.91 Å². The number of carbonyl (C=O) groups excluding carboxylic acids is 3. The van der Waals surface area contributed by atoms with Crippen molar-refractivity contribution < 1.29 is 108 Å². The van der Waals surface area contributed by atoms with E-state index < -0.39 is 53.4 Å². The first-order chi connectivity index (χ1) is 53.6. The molecule has 0 aliphatic heterocycles. The van der Waals surface area contributed by atoms with Crippen molar-refractivity contribution in [3.05, 3.63) is 139 Å². The molecule has 0 aliphatic carbocycles. The molecule has 36 nitrogen and oxygen atoms in total. The zero-order valence-electron chi connectivity index (χ0n) is 64.2. The molecule has 0 aliphatic rings. The number of nitro benzene ring substituents is 5. The summed E-state index contributed by atoms with van der Waals surface area (Å²) in [6.07, 6.45) is 5.16. The lowest BCUT2D eigenvalue weighted by Crippen LogP contribution is -2.25. The topological polar surface area (TPSA) is 457 Å². The summed E-state index contributed by atoms with van der Waals surface area (Å²) in [6, 6.07) is 13.9. The number of unbranched alkanes of at least 4 members (excludes halogenated alkanes) is 2. The van der Waals surface area contributed by atoms with Crippen molar-refractivity contribution in [2.24, 2.45) is 0 Å². The van der Waals surface area contributed by atoms with Gasteiger partial charge in [0.25, 0.3) is 38.6 Å². The second kappa shape index (κ2) is 57.9. The predicted molar refractivity (Wildman–Crippen MR) is 435 cm³/mol. The lowest BCUT2D eigenvalue weighted by molar-refractivity contribution is -0.386. The Hall–Kier alpha value is -9.07. The second-order valence-electron chi connectivity index (χ2n) is 22.3. The summed E-state index contributed by atoms with van der Waals surface area (Å²) >= 11 is 20.2. The number of ether oxygens (including phenoxy) is 12. The molecule has 0 bridgehead atoms. The number of nitrogens with one attached hydrogen (secondary N) is 3. The van der Waals surface area contributed by atoms with Gasteiger partial charge in [0.15, 0.2) is 57.5 Å². The highest BCUT2D eigenvalue weighted by Crippen LogP contribution is 2.40. The third kappa shape index (κ3) is 38.0. The molecule has 2 amide bonds. The van der Waals surface area contributed by atoms with Gasteiger partial charge in [-0.3, -0.25) is 64.3 Å². The van der Waals surface area contributed by atoms with Crippen LogP contribution < -0.4 is 63.3 Å². The fraction of sp³-hybridized carbons (Fsp3) is 0.529. The van der Waals surface area contributed by atoms with Crippen LogP contribution in [-0.4, -0.2) is 167 Å².